The second kappa shape index (κ2) is 5.38. The molecule has 0 unspecified atom stereocenters. The molecule has 5 nitrogen and oxygen atoms in total. The number of benzene rings is 2. The topological polar surface area (TPSA) is 60.7 Å². The number of nitrogens with zero attached hydrogens (tertiary/aromatic N) is 4. The Labute approximate surface area is 120 Å². The van der Waals surface area contributed by atoms with Crippen molar-refractivity contribution in [3.05, 3.63) is 48.3 Å². The number of hydrogen-bond donors (Lipinski definition) is 0. The van der Waals surface area contributed by atoms with Gasteiger partial charge < -0.3 is 0 Å². The van der Waals surface area contributed by atoms with Crippen LogP contribution in [0.5, 0.6) is 0 Å². The maximum absolute atomic E-state index is 10.9. The fourth-order valence-corrected chi connectivity index (χ4v) is 2.25. The Bertz CT molecular complexity index is 763. The van der Waals surface area contributed by atoms with Gasteiger partial charge in [0.05, 0.1) is 5.69 Å². The van der Waals surface area contributed by atoms with E-state index in [0.29, 0.717) is 12.2 Å². The average molecular weight is 287 g/mol. The van der Waals surface area contributed by atoms with Crippen LogP contribution in [0.1, 0.15) is 12.2 Å². The third-order valence-corrected chi connectivity index (χ3v) is 3.26. The molecule has 0 N–H and O–H groups in total. The van der Waals surface area contributed by atoms with Gasteiger partial charge in [-0.2, -0.15) is 4.68 Å². The summed E-state index contributed by atoms with van der Waals surface area (Å²) in [4.78, 5) is 10.9. The maximum Gasteiger partial charge on any atom is 0.222 e. The van der Waals surface area contributed by atoms with Gasteiger partial charge in [-0.25, -0.2) is 0 Å². The van der Waals surface area contributed by atoms with Crippen molar-refractivity contribution in [2.24, 2.45) is 0 Å². The summed E-state index contributed by atoms with van der Waals surface area (Å²) in [5.74, 6) is 0.621. The number of carbonyl (C=O) groups is 1. The van der Waals surface area contributed by atoms with Crippen molar-refractivity contribution >= 4 is 27.6 Å². The molecular weight excluding hydrogens is 276 g/mol. The van der Waals surface area contributed by atoms with Crippen molar-refractivity contribution in [1.82, 2.24) is 20.2 Å². The van der Waals surface area contributed by atoms with Gasteiger partial charge in [-0.05, 0) is 33.5 Å². The summed E-state index contributed by atoms with van der Waals surface area (Å²) in [6.45, 7) is 0. The van der Waals surface area contributed by atoms with Crippen LogP contribution in [-0.2, 0) is 11.2 Å². The van der Waals surface area contributed by atoms with Crippen LogP contribution < -0.4 is 0 Å². The Balaban J connectivity index is 2.08. The molecule has 0 fully saturated rings. The lowest BCUT2D eigenvalue weighted by atomic mass is 10.1. The Kier molecular flexibility index (Phi) is 3.43. The van der Waals surface area contributed by atoms with Crippen molar-refractivity contribution in [3.8, 4) is 5.69 Å². The number of carbonyl (C=O) groups excluding carboxylic acids is 1. The summed E-state index contributed by atoms with van der Waals surface area (Å²) < 4.78 is 1.65. The Morgan fingerprint density at radius 2 is 1.95 bits per heavy atom. The molecule has 20 heavy (non-hydrogen) atoms. The van der Waals surface area contributed by atoms with E-state index in [1.54, 1.807) is 4.68 Å². The highest BCUT2D eigenvalue weighted by molar-refractivity contribution is 6.63. The van der Waals surface area contributed by atoms with Gasteiger partial charge in [0.25, 0.3) is 0 Å². The molecule has 100 valence electrons. The molecule has 0 saturated heterocycles. The summed E-state index contributed by atoms with van der Waals surface area (Å²) in [6.07, 6.45) is 0.630. The van der Waals surface area contributed by atoms with E-state index >= 15 is 0 Å². The number of rotatable bonds is 4. The van der Waals surface area contributed by atoms with Crippen molar-refractivity contribution in [1.29, 1.82) is 0 Å². The predicted octanol–water partition coefficient (Wildman–Crippen LogP) is 2.51. The summed E-state index contributed by atoms with van der Waals surface area (Å²) in [5.41, 5.74) is 0.894. The fourth-order valence-electron chi connectivity index (χ4n) is 2.15. The standard InChI is InChI=1S/C14H11ClN4O/c15-13(20)8-9-14-16-17-18-19(14)12-7-3-5-10-4-1-2-6-11(10)12/h1-7H,8-9H2. The maximum atomic E-state index is 10.9. The van der Waals surface area contributed by atoms with Gasteiger partial charge in [-0.15, -0.1) is 5.10 Å². The van der Waals surface area contributed by atoms with Gasteiger partial charge in [-0.1, -0.05) is 36.4 Å². The molecule has 3 rings (SSSR count). The molecule has 0 bridgehead atoms. The first-order valence-corrected chi connectivity index (χ1v) is 6.57. The van der Waals surface area contributed by atoms with Crippen LogP contribution in [0.4, 0.5) is 0 Å². The molecule has 0 aliphatic heterocycles. The van der Waals surface area contributed by atoms with E-state index in [-0.39, 0.29) is 6.42 Å². The Hall–Kier alpha value is -2.27. The largest absolute Gasteiger partial charge is 0.281 e. The molecule has 1 aromatic heterocycles. The first-order valence-electron chi connectivity index (χ1n) is 6.19. The van der Waals surface area contributed by atoms with E-state index in [9.17, 15) is 4.79 Å². The average Bonchev–Trinajstić information content (AvgIpc) is 2.92. The lowest BCUT2D eigenvalue weighted by Gasteiger charge is -2.07. The molecular formula is C14H11ClN4O. The molecule has 0 spiro atoms. The van der Waals surface area contributed by atoms with E-state index < -0.39 is 5.24 Å². The molecule has 0 amide bonds. The number of fused-ring (bicyclic) bond motifs is 1. The summed E-state index contributed by atoms with van der Waals surface area (Å²) in [7, 11) is 0. The van der Waals surface area contributed by atoms with Crippen molar-refractivity contribution in [2.45, 2.75) is 12.8 Å². The number of tetrazole rings is 1. The minimum Gasteiger partial charge on any atom is -0.281 e. The second-order valence-electron chi connectivity index (χ2n) is 4.36. The molecule has 0 aliphatic carbocycles. The quantitative estimate of drug-likeness (QED) is 0.692. The Morgan fingerprint density at radius 1 is 1.15 bits per heavy atom. The van der Waals surface area contributed by atoms with E-state index in [1.807, 2.05) is 42.5 Å². The SMILES string of the molecule is O=C(Cl)CCc1nnnn1-c1cccc2ccccc12. The first-order chi connectivity index (χ1) is 9.75. The molecule has 0 atom stereocenters. The summed E-state index contributed by atoms with van der Waals surface area (Å²) in [5, 5.41) is 13.4. The third-order valence-electron chi connectivity index (χ3n) is 3.07. The Morgan fingerprint density at radius 3 is 2.80 bits per heavy atom. The zero-order chi connectivity index (χ0) is 13.9. The summed E-state index contributed by atoms with van der Waals surface area (Å²) in [6, 6.07) is 13.9. The number of aryl methyl sites for hydroxylation is 1. The fraction of sp³-hybridized carbons (Fsp3) is 0.143. The molecule has 0 radical (unpaired) electrons. The lowest BCUT2D eigenvalue weighted by Crippen LogP contribution is -2.05. The highest BCUT2D eigenvalue weighted by Crippen LogP contribution is 2.22. The van der Waals surface area contributed by atoms with Gasteiger partial charge in [-0.3, -0.25) is 4.79 Å². The van der Waals surface area contributed by atoms with E-state index in [2.05, 4.69) is 15.5 Å². The van der Waals surface area contributed by atoms with E-state index in [4.69, 9.17) is 11.6 Å². The highest BCUT2D eigenvalue weighted by Gasteiger charge is 2.11. The van der Waals surface area contributed by atoms with Crippen LogP contribution in [0.15, 0.2) is 42.5 Å². The van der Waals surface area contributed by atoms with Gasteiger partial charge in [0, 0.05) is 18.2 Å². The van der Waals surface area contributed by atoms with Gasteiger partial charge in [0.1, 0.15) is 0 Å². The zero-order valence-electron chi connectivity index (χ0n) is 10.5. The highest BCUT2D eigenvalue weighted by atomic mass is 35.5. The minimum absolute atomic E-state index is 0.215. The van der Waals surface area contributed by atoms with Crippen LogP contribution in [0.3, 0.4) is 0 Å². The van der Waals surface area contributed by atoms with Crippen LogP contribution in [0.25, 0.3) is 16.5 Å². The smallest absolute Gasteiger partial charge is 0.222 e. The zero-order valence-corrected chi connectivity index (χ0v) is 11.3. The third kappa shape index (κ3) is 2.40. The van der Waals surface area contributed by atoms with Crippen LogP contribution in [-0.4, -0.2) is 25.4 Å². The number of hydrogen-bond acceptors (Lipinski definition) is 4. The second-order valence-corrected chi connectivity index (χ2v) is 4.78. The van der Waals surface area contributed by atoms with E-state index in [1.165, 1.54) is 0 Å². The number of halogens is 1. The molecule has 1 heterocycles. The van der Waals surface area contributed by atoms with Gasteiger partial charge in [0.2, 0.25) is 5.24 Å². The van der Waals surface area contributed by atoms with Crippen LogP contribution in [0.2, 0.25) is 0 Å². The molecule has 2 aromatic carbocycles. The van der Waals surface area contributed by atoms with Crippen LogP contribution >= 0.6 is 11.6 Å². The molecule has 6 heteroatoms. The van der Waals surface area contributed by atoms with E-state index in [0.717, 1.165) is 16.5 Å². The van der Waals surface area contributed by atoms with Crippen molar-refractivity contribution in [3.63, 3.8) is 0 Å². The molecule has 3 aromatic rings. The van der Waals surface area contributed by atoms with Crippen LogP contribution in [0, 0.1) is 0 Å². The molecule has 0 saturated carbocycles. The van der Waals surface area contributed by atoms with Crippen molar-refractivity contribution in [2.75, 3.05) is 0 Å². The van der Waals surface area contributed by atoms with Gasteiger partial charge in [0.15, 0.2) is 5.82 Å². The molecule has 0 aliphatic rings. The lowest BCUT2D eigenvalue weighted by molar-refractivity contribution is -0.111. The van der Waals surface area contributed by atoms with Crippen molar-refractivity contribution < 1.29 is 4.79 Å². The first kappa shape index (κ1) is 12.7. The normalized spacial score (nSPS) is 10.8. The number of aromatic nitrogens is 4. The van der Waals surface area contributed by atoms with Gasteiger partial charge >= 0.3 is 0 Å². The summed E-state index contributed by atoms with van der Waals surface area (Å²) >= 11 is 5.37. The minimum atomic E-state index is -0.391. The predicted molar refractivity (Wildman–Crippen MR) is 75.8 cm³/mol. The monoisotopic (exact) mass is 286 g/mol.